The molecule has 0 spiro atoms. The number of nitrogens with two attached hydrogens (primary N) is 1. The smallest absolute Gasteiger partial charge is 0.147 e. The lowest BCUT2D eigenvalue weighted by Gasteiger charge is -2.17. The Morgan fingerprint density at radius 3 is 2.47 bits per heavy atom. The van der Waals surface area contributed by atoms with Gasteiger partial charge in [0, 0.05) is 18.6 Å². The highest BCUT2D eigenvalue weighted by atomic mass is 35.5. The number of halogens is 1. The van der Waals surface area contributed by atoms with Crippen LogP contribution in [0.4, 0.5) is 5.82 Å². The van der Waals surface area contributed by atoms with E-state index >= 15 is 0 Å². The van der Waals surface area contributed by atoms with Crippen LogP contribution in [0, 0.1) is 5.41 Å². The van der Waals surface area contributed by atoms with Gasteiger partial charge in [-0.3, -0.25) is 5.41 Å². The van der Waals surface area contributed by atoms with Gasteiger partial charge in [-0.25, -0.2) is 9.97 Å². The number of rotatable bonds is 4. The number of benzene rings is 1. The van der Waals surface area contributed by atoms with Crippen molar-refractivity contribution in [1.82, 2.24) is 9.97 Å². The normalized spacial score (nSPS) is 10.2. The third-order valence-corrected chi connectivity index (χ3v) is 2.89. The number of aromatic nitrogens is 2. The summed E-state index contributed by atoms with van der Waals surface area (Å²) in [6.07, 6.45) is 3.10. The van der Waals surface area contributed by atoms with Crippen molar-refractivity contribution in [3.8, 4) is 0 Å². The van der Waals surface area contributed by atoms with Crippen LogP contribution >= 0.6 is 11.6 Å². The van der Waals surface area contributed by atoms with Crippen molar-refractivity contribution >= 4 is 23.3 Å². The Morgan fingerprint density at radius 2 is 1.95 bits per heavy atom. The SMILES string of the molecule is CN(Cc1ccc(Cl)cc1)c1cnc(C(=N)N)cn1. The molecular formula is C13H14ClN5. The number of nitrogens with one attached hydrogen (secondary N) is 1. The molecule has 19 heavy (non-hydrogen) atoms. The van der Waals surface area contributed by atoms with Gasteiger partial charge in [0.2, 0.25) is 0 Å². The average molecular weight is 276 g/mol. The first-order valence-corrected chi connectivity index (χ1v) is 6.06. The van der Waals surface area contributed by atoms with Gasteiger partial charge in [-0.05, 0) is 17.7 Å². The highest BCUT2D eigenvalue weighted by Crippen LogP contribution is 2.14. The van der Waals surface area contributed by atoms with E-state index in [9.17, 15) is 0 Å². The monoisotopic (exact) mass is 275 g/mol. The minimum absolute atomic E-state index is 0.0839. The van der Waals surface area contributed by atoms with Gasteiger partial charge in [0.05, 0.1) is 12.4 Å². The number of hydrogen-bond acceptors (Lipinski definition) is 4. The molecular weight excluding hydrogens is 262 g/mol. The molecule has 0 fully saturated rings. The van der Waals surface area contributed by atoms with Crippen LogP contribution in [0.15, 0.2) is 36.7 Å². The fraction of sp³-hybridized carbons (Fsp3) is 0.154. The molecule has 0 aliphatic rings. The largest absolute Gasteiger partial charge is 0.382 e. The highest BCUT2D eigenvalue weighted by Gasteiger charge is 2.05. The first kappa shape index (κ1) is 13.3. The van der Waals surface area contributed by atoms with E-state index in [4.69, 9.17) is 22.7 Å². The van der Waals surface area contributed by atoms with Gasteiger partial charge in [0.15, 0.2) is 0 Å². The van der Waals surface area contributed by atoms with Crippen molar-refractivity contribution in [2.75, 3.05) is 11.9 Å². The van der Waals surface area contributed by atoms with Crippen molar-refractivity contribution in [3.63, 3.8) is 0 Å². The second kappa shape index (κ2) is 5.67. The lowest BCUT2D eigenvalue weighted by Crippen LogP contribution is -2.19. The van der Waals surface area contributed by atoms with Gasteiger partial charge >= 0.3 is 0 Å². The molecule has 0 atom stereocenters. The summed E-state index contributed by atoms with van der Waals surface area (Å²) in [7, 11) is 1.92. The van der Waals surface area contributed by atoms with Gasteiger partial charge in [-0.2, -0.15) is 0 Å². The molecule has 0 bridgehead atoms. The topological polar surface area (TPSA) is 78.9 Å². The minimum atomic E-state index is -0.0839. The lowest BCUT2D eigenvalue weighted by atomic mass is 10.2. The van der Waals surface area contributed by atoms with Gasteiger partial charge in [0.1, 0.15) is 17.3 Å². The molecule has 0 amide bonds. The van der Waals surface area contributed by atoms with E-state index in [2.05, 4.69) is 9.97 Å². The number of nitrogen functional groups attached to an aromatic ring is 1. The quantitative estimate of drug-likeness (QED) is 0.661. The standard InChI is InChI=1S/C13H14ClN5/c1-19(8-9-2-4-10(14)5-3-9)12-7-17-11(6-18-12)13(15)16/h2-7H,8H2,1H3,(H3,15,16). The zero-order chi connectivity index (χ0) is 13.8. The molecule has 0 aliphatic heterocycles. The van der Waals surface area contributed by atoms with Crippen molar-refractivity contribution < 1.29 is 0 Å². The number of hydrogen-bond donors (Lipinski definition) is 2. The maximum atomic E-state index is 7.26. The van der Waals surface area contributed by atoms with Crippen molar-refractivity contribution in [2.24, 2.45) is 5.73 Å². The lowest BCUT2D eigenvalue weighted by molar-refractivity contribution is 0.888. The van der Waals surface area contributed by atoms with E-state index in [1.807, 2.05) is 36.2 Å². The third-order valence-electron chi connectivity index (χ3n) is 2.64. The van der Waals surface area contributed by atoms with Crippen LogP contribution in [0.5, 0.6) is 0 Å². The molecule has 1 heterocycles. The maximum Gasteiger partial charge on any atom is 0.147 e. The Bertz CT molecular complexity index is 565. The second-order valence-electron chi connectivity index (χ2n) is 4.16. The molecule has 0 unspecified atom stereocenters. The van der Waals surface area contributed by atoms with E-state index in [1.54, 1.807) is 6.20 Å². The summed E-state index contributed by atoms with van der Waals surface area (Å²) >= 11 is 5.84. The summed E-state index contributed by atoms with van der Waals surface area (Å²) in [6.45, 7) is 0.700. The molecule has 0 saturated carbocycles. The molecule has 1 aromatic heterocycles. The summed E-state index contributed by atoms with van der Waals surface area (Å²) in [4.78, 5) is 10.3. The molecule has 98 valence electrons. The van der Waals surface area contributed by atoms with Crippen LogP contribution in [0.25, 0.3) is 0 Å². The summed E-state index contributed by atoms with van der Waals surface area (Å²) in [5.74, 6) is 0.638. The van der Waals surface area contributed by atoms with Crippen LogP contribution < -0.4 is 10.6 Å². The molecule has 5 nitrogen and oxygen atoms in total. The zero-order valence-corrected chi connectivity index (χ0v) is 11.2. The third kappa shape index (κ3) is 3.42. The molecule has 6 heteroatoms. The fourth-order valence-corrected chi connectivity index (χ4v) is 1.73. The summed E-state index contributed by atoms with van der Waals surface area (Å²) < 4.78 is 0. The predicted octanol–water partition coefficient (Wildman–Crippen LogP) is 2.05. The maximum absolute atomic E-state index is 7.26. The van der Waals surface area contributed by atoms with Crippen molar-refractivity contribution in [2.45, 2.75) is 6.54 Å². The average Bonchev–Trinajstić information content (AvgIpc) is 2.41. The molecule has 0 aliphatic carbocycles. The first-order valence-electron chi connectivity index (χ1n) is 5.68. The van der Waals surface area contributed by atoms with E-state index in [0.717, 1.165) is 16.4 Å². The van der Waals surface area contributed by atoms with Gasteiger partial charge in [-0.1, -0.05) is 23.7 Å². The summed E-state index contributed by atoms with van der Waals surface area (Å²) in [5, 5.41) is 7.98. The highest BCUT2D eigenvalue weighted by molar-refractivity contribution is 6.30. The van der Waals surface area contributed by atoms with Crippen LogP contribution in [0.2, 0.25) is 5.02 Å². The van der Waals surface area contributed by atoms with Gasteiger partial charge < -0.3 is 10.6 Å². The van der Waals surface area contributed by atoms with E-state index in [0.29, 0.717) is 12.2 Å². The Kier molecular flexibility index (Phi) is 3.97. The van der Waals surface area contributed by atoms with E-state index < -0.39 is 0 Å². The van der Waals surface area contributed by atoms with Crippen LogP contribution in [0.3, 0.4) is 0 Å². The van der Waals surface area contributed by atoms with Crippen molar-refractivity contribution in [1.29, 1.82) is 5.41 Å². The molecule has 0 radical (unpaired) electrons. The van der Waals surface area contributed by atoms with Gasteiger partial charge in [0.25, 0.3) is 0 Å². The van der Waals surface area contributed by atoms with Crippen LogP contribution in [0.1, 0.15) is 11.3 Å². The zero-order valence-electron chi connectivity index (χ0n) is 10.5. The molecule has 2 aromatic rings. The second-order valence-corrected chi connectivity index (χ2v) is 4.59. The predicted molar refractivity (Wildman–Crippen MR) is 76.6 cm³/mol. The Hall–Kier alpha value is -2.14. The van der Waals surface area contributed by atoms with Crippen molar-refractivity contribution in [3.05, 3.63) is 52.9 Å². The van der Waals surface area contributed by atoms with E-state index in [1.165, 1.54) is 6.20 Å². The number of amidine groups is 1. The molecule has 3 N–H and O–H groups in total. The summed E-state index contributed by atoms with van der Waals surface area (Å²) in [6, 6.07) is 7.65. The minimum Gasteiger partial charge on any atom is -0.382 e. The number of nitrogens with zero attached hydrogens (tertiary/aromatic N) is 3. The Morgan fingerprint density at radius 1 is 1.26 bits per heavy atom. The molecule has 1 aromatic carbocycles. The first-order chi connectivity index (χ1) is 9.06. The molecule has 0 saturated heterocycles. The fourth-order valence-electron chi connectivity index (χ4n) is 1.60. The summed E-state index contributed by atoms with van der Waals surface area (Å²) in [5.41, 5.74) is 6.84. The molecule has 2 rings (SSSR count). The van der Waals surface area contributed by atoms with Gasteiger partial charge in [-0.15, -0.1) is 0 Å². The number of anilines is 1. The van der Waals surface area contributed by atoms with E-state index in [-0.39, 0.29) is 5.84 Å². The Balaban J connectivity index is 2.09. The van der Waals surface area contributed by atoms with Crippen LogP contribution in [-0.2, 0) is 6.54 Å². The Labute approximate surface area is 116 Å². The van der Waals surface area contributed by atoms with Crippen LogP contribution in [-0.4, -0.2) is 22.9 Å².